The molecule has 0 saturated heterocycles. The van der Waals surface area contributed by atoms with Crippen LogP contribution in [-0.2, 0) is 6.54 Å². The Balaban J connectivity index is 1.99. The summed E-state index contributed by atoms with van der Waals surface area (Å²) in [6.45, 7) is 3.94. The fourth-order valence-corrected chi connectivity index (χ4v) is 2.61. The fraction of sp³-hybridized carbons (Fsp3) is 0.167. The van der Waals surface area contributed by atoms with Gasteiger partial charge in [-0.2, -0.15) is 0 Å². The molecule has 2 aromatic carbocycles. The van der Waals surface area contributed by atoms with E-state index in [0.29, 0.717) is 0 Å². The summed E-state index contributed by atoms with van der Waals surface area (Å²) < 4.78 is 0. The molecular weight excluding hydrogens is 258 g/mol. The highest BCUT2D eigenvalue weighted by Gasteiger charge is 2.09. The molecule has 0 spiro atoms. The van der Waals surface area contributed by atoms with Gasteiger partial charge in [0.05, 0.1) is 5.52 Å². The summed E-state index contributed by atoms with van der Waals surface area (Å²) in [4.78, 5) is 6.85. The zero-order valence-corrected chi connectivity index (χ0v) is 12.2. The van der Waals surface area contributed by atoms with Crippen LogP contribution in [0.4, 0.5) is 11.4 Å². The average Bonchev–Trinajstić information content (AvgIpc) is 2.55. The Hall–Kier alpha value is -2.55. The van der Waals surface area contributed by atoms with Crippen LogP contribution in [0.25, 0.3) is 10.9 Å². The number of nitrogen functional groups attached to an aromatic ring is 1. The minimum absolute atomic E-state index is 0.782. The summed E-state index contributed by atoms with van der Waals surface area (Å²) in [5.41, 5.74) is 10.2. The molecule has 0 saturated carbocycles. The quantitative estimate of drug-likeness (QED) is 0.737. The number of nitrogens with zero attached hydrogens (tertiary/aromatic N) is 2. The maximum atomic E-state index is 6.05. The van der Waals surface area contributed by atoms with Gasteiger partial charge in [-0.3, -0.25) is 4.98 Å². The SMILES string of the molecule is CCN(Cc1ccc(N)c2cccnc12)c1ccccc1. The van der Waals surface area contributed by atoms with E-state index < -0.39 is 0 Å². The summed E-state index contributed by atoms with van der Waals surface area (Å²) in [6.07, 6.45) is 1.82. The molecule has 0 radical (unpaired) electrons. The normalized spacial score (nSPS) is 10.7. The van der Waals surface area contributed by atoms with Gasteiger partial charge in [-0.05, 0) is 42.8 Å². The number of rotatable bonds is 4. The Morgan fingerprint density at radius 2 is 1.81 bits per heavy atom. The van der Waals surface area contributed by atoms with Gasteiger partial charge in [0.15, 0.2) is 0 Å². The number of hydrogen-bond donors (Lipinski definition) is 1. The molecule has 0 bridgehead atoms. The number of benzene rings is 2. The van der Waals surface area contributed by atoms with Gasteiger partial charge >= 0.3 is 0 Å². The summed E-state index contributed by atoms with van der Waals surface area (Å²) in [6, 6.07) is 18.4. The van der Waals surface area contributed by atoms with Crippen LogP contribution >= 0.6 is 0 Å². The van der Waals surface area contributed by atoms with Crippen molar-refractivity contribution in [2.24, 2.45) is 0 Å². The van der Waals surface area contributed by atoms with Gasteiger partial charge in [-0.1, -0.05) is 24.3 Å². The summed E-state index contributed by atoms with van der Waals surface area (Å²) in [7, 11) is 0. The van der Waals surface area contributed by atoms with E-state index in [1.165, 1.54) is 11.3 Å². The van der Waals surface area contributed by atoms with Crippen molar-refractivity contribution in [2.75, 3.05) is 17.2 Å². The minimum atomic E-state index is 0.782. The van der Waals surface area contributed by atoms with Crippen LogP contribution in [0.15, 0.2) is 60.8 Å². The molecule has 3 rings (SSSR count). The van der Waals surface area contributed by atoms with Crippen LogP contribution in [0, 0.1) is 0 Å². The lowest BCUT2D eigenvalue weighted by atomic mass is 10.1. The van der Waals surface area contributed by atoms with Crippen molar-refractivity contribution in [3.05, 3.63) is 66.4 Å². The van der Waals surface area contributed by atoms with E-state index in [9.17, 15) is 0 Å². The lowest BCUT2D eigenvalue weighted by molar-refractivity contribution is 0.835. The van der Waals surface area contributed by atoms with Crippen LogP contribution in [0.2, 0.25) is 0 Å². The van der Waals surface area contributed by atoms with Crippen molar-refractivity contribution < 1.29 is 0 Å². The first-order valence-electron chi connectivity index (χ1n) is 7.21. The lowest BCUT2D eigenvalue weighted by Gasteiger charge is -2.23. The number of pyridine rings is 1. The van der Waals surface area contributed by atoms with Gasteiger partial charge in [-0.15, -0.1) is 0 Å². The van der Waals surface area contributed by atoms with Crippen molar-refractivity contribution >= 4 is 22.3 Å². The smallest absolute Gasteiger partial charge is 0.0772 e. The third kappa shape index (κ3) is 2.68. The van der Waals surface area contributed by atoms with Gasteiger partial charge in [0.1, 0.15) is 0 Å². The van der Waals surface area contributed by atoms with Crippen molar-refractivity contribution in [1.29, 1.82) is 0 Å². The van der Waals surface area contributed by atoms with Crippen LogP contribution in [-0.4, -0.2) is 11.5 Å². The van der Waals surface area contributed by atoms with Crippen molar-refractivity contribution in [2.45, 2.75) is 13.5 Å². The third-order valence-electron chi connectivity index (χ3n) is 3.75. The standard InChI is InChI=1S/C18H19N3/c1-2-21(15-7-4-3-5-8-15)13-14-10-11-17(19)16-9-6-12-20-18(14)16/h3-12H,2,13,19H2,1H3. The van der Waals surface area contributed by atoms with Crippen molar-refractivity contribution in [3.63, 3.8) is 0 Å². The highest BCUT2D eigenvalue weighted by Crippen LogP contribution is 2.25. The van der Waals surface area contributed by atoms with Gasteiger partial charge < -0.3 is 10.6 Å². The van der Waals surface area contributed by atoms with E-state index in [2.05, 4.69) is 47.1 Å². The third-order valence-corrected chi connectivity index (χ3v) is 3.75. The predicted molar refractivity (Wildman–Crippen MR) is 89.3 cm³/mol. The second-order valence-electron chi connectivity index (χ2n) is 5.06. The van der Waals surface area contributed by atoms with Gasteiger partial charge in [0.2, 0.25) is 0 Å². The zero-order chi connectivity index (χ0) is 14.7. The summed E-state index contributed by atoms with van der Waals surface area (Å²) in [5.74, 6) is 0. The van der Waals surface area contributed by atoms with E-state index in [4.69, 9.17) is 5.73 Å². The number of nitrogens with two attached hydrogens (primary N) is 1. The second-order valence-corrected chi connectivity index (χ2v) is 5.06. The number of fused-ring (bicyclic) bond motifs is 1. The molecule has 106 valence electrons. The van der Waals surface area contributed by atoms with Crippen LogP contribution in [0.3, 0.4) is 0 Å². The topological polar surface area (TPSA) is 42.1 Å². The molecule has 0 unspecified atom stereocenters. The highest BCUT2D eigenvalue weighted by atomic mass is 15.1. The molecule has 21 heavy (non-hydrogen) atoms. The summed E-state index contributed by atoms with van der Waals surface area (Å²) in [5, 5.41) is 1.03. The first-order valence-corrected chi connectivity index (χ1v) is 7.21. The van der Waals surface area contributed by atoms with E-state index in [1.807, 2.05) is 30.5 Å². The van der Waals surface area contributed by atoms with E-state index in [1.54, 1.807) is 0 Å². The molecule has 3 aromatic rings. The van der Waals surface area contributed by atoms with Gasteiger partial charge in [0, 0.05) is 36.0 Å². The highest BCUT2D eigenvalue weighted by molar-refractivity contribution is 5.92. The molecule has 1 heterocycles. The molecular formula is C18H19N3. The largest absolute Gasteiger partial charge is 0.398 e. The Morgan fingerprint density at radius 3 is 2.57 bits per heavy atom. The summed E-state index contributed by atoms with van der Waals surface area (Å²) >= 11 is 0. The van der Waals surface area contributed by atoms with Crippen LogP contribution in [0.1, 0.15) is 12.5 Å². The predicted octanol–water partition coefficient (Wildman–Crippen LogP) is 3.84. The number of hydrogen-bond acceptors (Lipinski definition) is 3. The number of para-hydroxylation sites is 1. The average molecular weight is 277 g/mol. The molecule has 1 aromatic heterocycles. The molecule has 3 nitrogen and oxygen atoms in total. The Morgan fingerprint density at radius 1 is 1.00 bits per heavy atom. The monoisotopic (exact) mass is 277 g/mol. The molecule has 0 aliphatic carbocycles. The number of aromatic nitrogens is 1. The molecule has 2 N–H and O–H groups in total. The molecule has 0 aliphatic heterocycles. The first-order chi connectivity index (χ1) is 10.3. The van der Waals surface area contributed by atoms with Crippen LogP contribution in [0.5, 0.6) is 0 Å². The molecule has 0 amide bonds. The number of anilines is 2. The fourth-order valence-electron chi connectivity index (χ4n) is 2.61. The molecule has 3 heteroatoms. The van der Waals surface area contributed by atoms with Gasteiger partial charge in [-0.25, -0.2) is 0 Å². The molecule has 0 atom stereocenters. The Labute approximate surface area is 125 Å². The van der Waals surface area contributed by atoms with E-state index >= 15 is 0 Å². The molecule has 0 aliphatic rings. The minimum Gasteiger partial charge on any atom is -0.398 e. The first kappa shape index (κ1) is 13.4. The second kappa shape index (κ2) is 5.83. The Kier molecular flexibility index (Phi) is 3.73. The van der Waals surface area contributed by atoms with E-state index in [-0.39, 0.29) is 0 Å². The maximum Gasteiger partial charge on any atom is 0.0772 e. The van der Waals surface area contributed by atoms with Crippen LogP contribution < -0.4 is 10.6 Å². The maximum absolute atomic E-state index is 6.05. The Bertz CT molecular complexity index is 738. The lowest BCUT2D eigenvalue weighted by Crippen LogP contribution is -2.22. The van der Waals surface area contributed by atoms with Gasteiger partial charge in [0.25, 0.3) is 0 Å². The zero-order valence-electron chi connectivity index (χ0n) is 12.2. The van der Waals surface area contributed by atoms with E-state index in [0.717, 1.165) is 29.7 Å². The molecule has 0 fully saturated rings. The van der Waals surface area contributed by atoms with Crippen molar-refractivity contribution in [1.82, 2.24) is 4.98 Å². The van der Waals surface area contributed by atoms with Crippen molar-refractivity contribution in [3.8, 4) is 0 Å².